The van der Waals surface area contributed by atoms with Gasteiger partial charge in [-0.1, -0.05) is 48.7 Å². The summed E-state index contributed by atoms with van der Waals surface area (Å²) in [4.78, 5) is 11.2. The Balaban J connectivity index is 4.17. The van der Waals surface area contributed by atoms with Crippen molar-refractivity contribution < 1.29 is 9.53 Å². The topological polar surface area (TPSA) is 26.3 Å². The molecule has 0 radical (unpaired) electrons. The van der Waals surface area contributed by atoms with Gasteiger partial charge in [-0.05, 0) is 12.8 Å². The predicted octanol–water partition coefficient (Wildman–Crippen LogP) is 3.50. The second kappa shape index (κ2) is 5.84. The van der Waals surface area contributed by atoms with Gasteiger partial charge in [-0.15, -0.1) is 0 Å². The number of hydrogen-bond donors (Lipinski definition) is 0. The highest BCUT2D eigenvalue weighted by Gasteiger charge is 2.28. The molecule has 0 N–H and O–H groups in total. The normalized spacial score (nSPS) is 13.2. The Morgan fingerprint density at radius 2 is 1.93 bits per heavy atom. The molecule has 0 bridgehead atoms. The summed E-state index contributed by atoms with van der Waals surface area (Å²) in [6, 6.07) is 0. The van der Waals surface area contributed by atoms with Crippen LogP contribution < -0.4 is 0 Å². The van der Waals surface area contributed by atoms with Crippen molar-refractivity contribution in [2.75, 3.05) is 6.61 Å². The first-order valence-corrected chi connectivity index (χ1v) is 5.29. The minimum atomic E-state index is -1.90. The number of allylic oxidation sites excluding steroid dienone is 2. The molecule has 0 saturated heterocycles. The summed E-state index contributed by atoms with van der Waals surface area (Å²) in [7, 11) is 0. The number of hydrogen-bond acceptors (Lipinski definition) is 2. The van der Waals surface area contributed by atoms with Gasteiger partial charge in [0.25, 0.3) is 3.79 Å². The smallest absolute Gasteiger partial charge is 0.252 e. The molecule has 2 nitrogen and oxygen atoms in total. The summed E-state index contributed by atoms with van der Waals surface area (Å²) in [6.07, 6.45) is 1.19. The zero-order chi connectivity index (χ0) is 11.4. The lowest BCUT2D eigenvalue weighted by molar-refractivity contribution is -0.114. The lowest BCUT2D eigenvalue weighted by Gasteiger charge is -2.10. The Kier molecular flexibility index (Phi) is 5.87. The number of ether oxygens (including phenoxy) is 1. The molecule has 0 spiro atoms. The molecule has 0 aliphatic carbocycles. The maximum atomic E-state index is 11.2. The van der Waals surface area contributed by atoms with Crippen molar-refractivity contribution in [1.82, 2.24) is 0 Å². The summed E-state index contributed by atoms with van der Waals surface area (Å²) in [5.74, 6) is 0.250. The van der Waals surface area contributed by atoms with Crippen molar-refractivity contribution in [2.45, 2.75) is 24.6 Å². The Hall–Kier alpha value is 0.0800. The van der Waals surface area contributed by atoms with E-state index in [1.165, 1.54) is 6.08 Å². The van der Waals surface area contributed by atoms with Crippen LogP contribution >= 0.6 is 34.8 Å². The van der Waals surface area contributed by atoms with Gasteiger partial charge in [-0.2, -0.15) is 0 Å². The van der Waals surface area contributed by atoms with Crippen molar-refractivity contribution in [2.24, 2.45) is 5.92 Å². The van der Waals surface area contributed by atoms with E-state index >= 15 is 0 Å². The Bertz CT molecular complexity index is 229. The molecule has 0 aromatic heterocycles. The molecule has 0 heterocycles. The third kappa shape index (κ3) is 6.52. The summed E-state index contributed by atoms with van der Waals surface area (Å²) in [5.41, 5.74) is 0. The fourth-order valence-corrected chi connectivity index (χ4v) is 0.770. The van der Waals surface area contributed by atoms with Crippen LogP contribution in [0.5, 0.6) is 0 Å². The quantitative estimate of drug-likeness (QED) is 0.439. The molecule has 0 aromatic rings. The SMILES string of the molecule is C/C(=C\C(=O)C(Cl)(Cl)Cl)OCC(C)C. The first-order valence-electron chi connectivity index (χ1n) is 4.15. The zero-order valence-electron chi connectivity index (χ0n) is 8.31. The van der Waals surface area contributed by atoms with Crippen LogP contribution in [0.15, 0.2) is 11.8 Å². The van der Waals surface area contributed by atoms with Gasteiger partial charge in [0.05, 0.1) is 12.4 Å². The molecule has 0 fully saturated rings. The largest absolute Gasteiger partial charge is 0.498 e. The van der Waals surface area contributed by atoms with E-state index in [1.807, 2.05) is 13.8 Å². The maximum Gasteiger partial charge on any atom is 0.252 e. The molecule has 0 aromatic carbocycles. The van der Waals surface area contributed by atoms with Crippen molar-refractivity contribution in [1.29, 1.82) is 0 Å². The second-order valence-electron chi connectivity index (χ2n) is 3.32. The zero-order valence-corrected chi connectivity index (χ0v) is 10.6. The third-order valence-corrected chi connectivity index (χ3v) is 1.82. The molecule has 0 rings (SSSR count). The van der Waals surface area contributed by atoms with Gasteiger partial charge in [0.2, 0.25) is 5.78 Å². The molecule has 5 heteroatoms. The Morgan fingerprint density at radius 1 is 1.43 bits per heavy atom. The lowest BCUT2D eigenvalue weighted by Crippen LogP contribution is -2.16. The van der Waals surface area contributed by atoms with E-state index in [4.69, 9.17) is 39.5 Å². The minimum absolute atomic E-state index is 0.390. The van der Waals surface area contributed by atoms with Crippen LogP contribution in [0, 0.1) is 5.92 Å². The number of halogens is 3. The molecule has 0 unspecified atom stereocenters. The van der Waals surface area contributed by atoms with Crippen LogP contribution in [0.1, 0.15) is 20.8 Å². The monoisotopic (exact) mass is 258 g/mol. The van der Waals surface area contributed by atoms with Gasteiger partial charge in [-0.3, -0.25) is 4.79 Å². The Labute approximate surface area is 99.2 Å². The molecular formula is C9H13Cl3O2. The van der Waals surface area contributed by atoms with E-state index in [1.54, 1.807) is 6.92 Å². The molecule has 0 aliphatic rings. The fourth-order valence-electron chi connectivity index (χ4n) is 0.606. The van der Waals surface area contributed by atoms with E-state index in [0.717, 1.165) is 0 Å². The van der Waals surface area contributed by atoms with Crippen LogP contribution in [0.2, 0.25) is 0 Å². The summed E-state index contributed by atoms with van der Waals surface area (Å²) >= 11 is 16.1. The summed E-state index contributed by atoms with van der Waals surface area (Å²) < 4.78 is 3.33. The third-order valence-electron chi connectivity index (χ3n) is 1.26. The van der Waals surface area contributed by atoms with Gasteiger partial charge in [0.15, 0.2) is 0 Å². The molecule has 82 valence electrons. The highest BCUT2D eigenvalue weighted by atomic mass is 35.6. The van der Waals surface area contributed by atoms with E-state index in [2.05, 4.69) is 0 Å². The summed E-state index contributed by atoms with van der Waals surface area (Å²) in [6.45, 7) is 6.19. The van der Waals surface area contributed by atoms with Gasteiger partial charge in [0, 0.05) is 6.08 Å². The standard InChI is InChI=1S/C9H13Cl3O2/c1-6(2)5-14-7(3)4-8(13)9(10,11)12/h4,6H,5H2,1-3H3/b7-4+. The maximum absolute atomic E-state index is 11.2. The van der Waals surface area contributed by atoms with Gasteiger partial charge in [-0.25, -0.2) is 0 Å². The number of alkyl halides is 3. The predicted molar refractivity (Wildman–Crippen MR) is 59.8 cm³/mol. The lowest BCUT2D eigenvalue weighted by atomic mass is 10.2. The van der Waals surface area contributed by atoms with E-state index < -0.39 is 9.58 Å². The molecular weight excluding hydrogens is 246 g/mol. The number of ketones is 1. The summed E-state index contributed by atoms with van der Waals surface area (Å²) in [5, 5.41) is 0. The van der Waals surface area contributed by atoms with Crippen LogP contribution in [0.3, 0.4) is 0 Å². The van der Waals surface area contributed by atoms with Crippen molar-refractivity contribution >= 4 is 40.6 Å². The number of carbonyl (C=O) groups excluding carboxylic acids is 1. The van der Waals surface area contributed by atoms with Crippen LogP contribution in [0.25, 0.3) is 0 Å². The average molecular weight is 260 g/mol. The van der Waals surface area contributed by atoms with E-state index in [0.29, 0.717) is 18.3 Å². The minimum Gasteiger partial charge on any atom is -0.498 e. The van der Waals surface area contributed by atoms with E-state index in [9.17, 15) is 4.79 Å². The number of carbonyl (C=O) groups is 1. The fraction of sp³-hybridized carbons (Fsp3) is 0.667. The number of rotatable bonds is 4. The molecule has 0 atom stereocenters. The van der Waals surface area contributed by atoms with Gasteiger partial charge < -0.3 is 4.74 Å². The van der Waals surface area contributed by atoms with Crippen LogP contribution in [0.4, 0.5) is 0 Å². The van der Waals surface area contributed by atoms with Gasteiger partial charge >= 0.3 is 0 Å². The van der Waals surface area contributed by atoms with E-state index in [-0.39, 0.29) is 0 Å². The first-order chi connectivity index (χ1) is 6.23. The molecule has 14 heavy (non-hydrogen) atoms. The highest BCUT2D eigenvalue weighted by Crippen LogP contribution is 2.27. The van der Waals surface area contributed by atoms with Crippen molar-refractivity contribution in [3.63, 3.8) is 0 Å². The Morgan fingerprint density at radius 3 is 2.29 bits per heavy atom. The molecule has 0 saturated carbocycles. The van der Waals surface area contributed by atoms with Gasteiger partial charge in [0.1, 0.15) is 0 Å². The van der Waals surface area contributed by atoms with Crippen LogP contribution in [-0.4, -0.2) is 16.2 Å². The second-order valence-corrected chi connectivity index (χ2v) is 5.60. The average Bonchev–Trinajstić information content (AvgIpc) is 1.99. The van der Waals surface area contributed by atoms with Crippen molar-refractivity contribution in [3.05, 3.63) is 11.8 Å². The van der Waals surface area contributed by atoms with Crippen molar-refractivity contribution in [3.8, 4) is 0 Å². The molecule has 0 aliphatic heterocycles. The van der Waals surface area contributed by atoms with Crippen LogP contribution in [-0.2, 0) is 9.53 Å². The molecule has 0 amide bonds. The highest BCUT2D eigenvalue weighted by molar-refractivity contribution is 6.77. The first kappa shape index (κ1) is 14.1.